The second-order valence-corrected chi connectivity index (χ2v) is 6.32. The van der Waals surface area contributed by atoms with Crippen LogP contribution in [0.3, 0.4) is 0 Å². The molecule has 1 aromatic heterocycles. The molecule has 0 bridgehead atoms. The van der Waals surface area contributed by atoms with E-state index in [1.165, 1.54) is 10.9 Å². The first-order chi connectivity index (χ1) is 9.10. The fourth-order valence-electron chi connectivity index (χ4n) is 2.19. The Morgan fingerprint density at radius 1 is 1.32 bits per heavy atom. The molecular formula is C15H17ClFNS. The summed E-state index contributed by atoms with van der Waals surface area (Å²) in [6, 6.07) is 9.02. The third kappa shape index (κ3) is 3.78. The van der Waals surface area contributed by atoms with Crippen LogP contribution in [0.5, 0.6) is 0 Å². The second kappa shape index (κ2) is 6.51. The van der Waals surface area contributed by atoms with Crippen LogP contribution in [0.2, 0.25) is 4.34 Å². The Kier molecular flexibility index (Phi) is 4.97. The predicted octanol–water partition coefficient (Wildman–Crippen LogP) is 4.74. The number of aryl methyl sites for hydroxylation is 1. The molecule has 1 unspecified atom stereocenters. The summed E-state index contributed by atoms with van der Waals surface area (Å²) in [5.74, 6) is -0.187. The summed E-state index contributed by atoms with van der Waals surface area (Å²) < 4.78 is 14.2. The molecule has 19 heavy (non-hydrogen) atoms. The highest BCUT2D eigenvalue weighted by atomic mass is 35.5. The Balaban J connectivity index is 2.26. The zero-order valence-corrected chi connectivity index (χ0v) is 12.6. The molecule has 0 aliphatic heterocycles. The fourth-order valence-corrected chi connectivity index (χ4v) is 3.32. The van der Waals surface area contributed by atoms with Crippen molar-refractivity contribution in [2.24, 2.45) is 0 Å². The van der Waals surface area contributed by atoms with Gasteiger partial charge in [-0.15, -0.1) is 11.3 Å². The number of nitrogens with one attached hydrogen (secondary N) is 1. The zero-order valence-electron chi connectivity index (χ0n) is 11.0. The molecule has 1 atom stereocenters. The molecule has 1 N–H and O–H groups in total. The molecule has 0 radical (unpaired) electrons. The molecule has 0 saturated heterocycles. The SMILES string of the molecule is CCNC(Cc1ccc(Cl)s1)c1cc(F)ccc1C. The van der Waals surface area contributed by atoms with Crippen molar-refractivity contribution in [1.29, 1.82) is 0 Å². The minimum atomic E-state index is -0.187. The first-order valence-electron chi connectivity index (χ1n) is 6.33. The summed E-state index contributed by atoms with van der Waals surface area (Å²) in [5.41, 5.74) is 2.13. The van der Waals surface area contributed by atoms with E-state index in [9.17, 15) is 4.39 Å². The van der Waals surface area contributed by atoms with Crippen molar-refractivity contribution in [2.45, 2.75) is 26.3 Å². The Morgan fingerprint density at radius 3 is 2.74 bits per heavy atom. The number of thiophene rings is 1. The predicted molar refractivity (Wildman–Crippen MR) is 80.6 cm³/mol. The highest BCUT2D eigenvalue weighted by Gasteiger charge is 2.15. The van der Waals surface area contributed by atoms with Crippen molar-refractivity contribution in [3.8, 4) is 0 Å². The van der Waals surface area contributed by atoms with Crippen LogP contribution >= 0.6 is 22.9 Å². The highest BCUT2D eigenvalue weighted by molar-refractivity contribution is 7.16. The first kappa shape index (κ1) is 14.5. The summed E-state index contributed by atoms with van der Waals surface area (Å²) in [6.07, 6.45) is 0.829. The molecule has 0 saturated carbocycles. The number of hydrogen-bond donors (Lipinski definition) is 1. The van der Waals surface area contributed by atoms with Gasteiger partial charge < -0.3 is 5.32 Å². The van der Waals surface area contributed by atoms with Crippen LogP contribution in [0, 0.1) is 12.7 Å². The molecule has 2 aromatic rings. The van der Waals surface area contributed by atoms with Crippen molar-refractivity contribution in [3.05, 3.63) is 56.5 Å². The smallest absolute Gasteiger partial charge is 0.123 e. The average Bonchev–Trinajstić information content (AvgIpc) is 2.77. The van der Waals surface area contributed by atoms with Crippen LogP contribution in [0.15, 0.2) is 30.3 Å². The van der Waals surface area contributed by atoms with Gasteiger partial charge in [0.05, 0.1) is 4.34 Å². The Bertz CT molecular complexity index is 553. The minimum absolute atomic E-state index is 0.121. The summed E-state index contributed by atoms with van der Waals surface area (Å²) >= 11 is 7.54. The van der Waals surface area contributed by atoms with E-state index in [0.717, 1.165) is 28.4 Å². The quantitative estimate of drug-likeness (QED) is 0.840. The van der Waals surface area contributed by atoms with Crippen LogP contribution in [0.1, 0.15) is 29.0 Å². The maximum Gasteiger partial charge on any atom is 0.123 e. The summed E-state index contributed by atoms with van der Waals surface area (Å²) in [6.45, 7) is 4.92. The van der Waals surface area contributed by atoms with Crippen molar-refractivity contribution in [3.63, 3.8) is 0 Å². The molecule has 0 aliphatic rings. The average molecular weight is 298 g/mol. The zero-order chi connectivity index (χ0) is 13.8. The van der Waals surface area contributed by atoms with Gasteiger partial charge in [-0.2, -0.15) is 0 Å². The lowest BCUT2D eigenvalue weighted by Crippen LogP contribution is -2.23. The van der Waals surface area contributed by atoms with Gasteiger partial charge in [0.15, 0.2) is 0 Å². The molecular weight excluding hydrogens is 281 g/mol. The van der Waals surface area contributed by atoms with Crippen LogP contribution in [-0.2, 0) is 6.42 Å². The fraction of sp³-hybridized carbons (Fsp3) is 0.333. The molecule has 1 aromatic carbocycles. The standard InChI is InChI=1S/C15H17ClFNS/c1-3-18-14(9-12-6-7-15(16)19-12)13-8-11(17)5-4-10(13)2/h4-8,14,18H,3,9H2,1-2H3. The lowest BCUT2D eigenvalue weighted by atomic mass is 9.98. The van der Waals surface area contributed by atoms with Gasteiger partial charge in [-0.05, 0) is 48.9 Å². The summed E-state index contributed by atoms with van der Waals surface area (Å²) in [5, 5.41) is 3.42. The van der Waals surface area contributed by atoms with Gasteiger partial charge in [0.2, 0.25) is 0 Å². The maximum absolute atomic E-state index is 13.4. The lowest BCUT2D eigenvalue weighted by Gasteiger charge is -2.20. The van der Waals surface area contributed by atoms with Gasteiger partial charge in [0, 0.05) is 17.3 Å². The van der Waals surface area contributed by atoms with Crippen molar-refractivity contribution in [2.75, 3.05) is 6.54 Å². The van der Waals surface area contributed by atoms with E-state index >= 15 is 0 Å². The van der Waals surface area contributed by atoms with E-state index in [-0.39, 0.29) is 11.9 Å². The number of benzene rings is 1. The molecule has 102 valence electrons. The molecule has 1 heterocycles. The Labute approximate surface area is 122 Å². The third-order valence-corrected chi connectivity index (χ3v) is 4.35. The van der Waals surface area contributed by atoms with Crippen molar-refractivity contribution < 1.29 is 4.39 Å². The highest BCUT2D eigenvalue weighted by Crippen LogP contribution is 2.28. The van der Waals surface area contributed by atoms with E-state index in [4.69, 9.17) is 11.6 Å². The number of likely N-dealkylation sites (N-methyl/N-ethyl adjacent to an activating group) is 1. The van der Waals surface area contributed by atoms with E-state index in [1.807, 2.05) is 25.1 Å². The third-order valence-electron chi connectivity index (χ3n) is 3.10. The van der Waals surface area contributed by atoms with Crippen LogP contribution in [-0.4, -0.2) is 6.54 Å². The van der Waals surface area contributed by atoms with E-state index in [1.54, 1.807) is 17.4 Å². The molecule has 0 aliphatic carbocycles. The monoisotopic (exact) mass is 297 g/mol. The van der Waals surface area contributed by atoms with E-state index < -0.39 is 0 Å². The summed E-state index contributed by atoms with van der Waals surface area (Å²) in [7, 11) is 0. The van der Waals surface area contributed by atoms with Crippen molar-refractivity contribution in [1.82, 2.24) is 5.32 Å². The molecule has 0 spiro atoms. The first-order valence-corrected chi connectivity index (χ1v) is 7.53. The van der Waals surface area contributed by atoms with Gasteiger partial charge in [-0.1, -0.05) is 24.6 Å². The minimum Gasteiger partial charge on any atom is -0.310 e. The molecule has 0 fully saturated rings. The van der Waals surface area contributed by atoms with E-state index in [0.29, 0.717) is 0 Å². The molecule has 0 amide bonds. The number of hydrogen-bond acceptors (Lipinski definition) is 2. The van der Waals surface area contributed by atoms with Gasteiger partial charge >= 0.3 is 0 Å². The van der Waals surface area contributed by atoms with Crippen LogP contribution < -0.4 is 5.32 Å². The van der Waals surface area contributed by atoms with Gasteiger partial charge in [0.25, 0.3) is 0 Å². The summed E-state index contributed by atoms with van der Waals surface area (Å²) in [4.78, 5) is 1.21. The van der Waals surface area contributed by atoms with Gasteiger partial charge in [-0.25, -0.2) is 4.39 Å². The number of halogens is 2. The van der Waals surface area contributed by atoms with E-state index in [2.05, 4.69) is 12.2 Å². The maximum atomic E-state index is 13.4. The normalized spacial score (nSPS) is 12.6. The molecule has 2 rings (SSSR count). The van der Waals surface area contributed by atoms with Crippen LogP contribution in [0.4, 0.5) is 4.39 Å². The lowest BCUT2D eigenvalue weighted by molar-refractivity contribution is 0.543. The second-order valence-electron chi connectivity index (χ2n) is 4.52. The molecule has 4 heteroatoms. The number of rotatable bonds is 5. The van der Waals surface area contributed by atoms with Crippen molar-refractivity contribution >= 4 is 22.9 Å². The Morgan fingerprint density at radius 2 is 2.11 bits per heavy atom. The molecule has 1 nitrogen and oxygen atoms in total. The van der Waals surface area contributed by atoms with Gasteiger partial charge in [-0.3, -0.25) is 0 Å². The van der Waals surface area contributed by atoms with Crippen LogP contribution in [0.25, 0.3) is 0 Å². The topological polar surface area (TPSA) is 12.0 Å². The van der Waals surface area contributed by atoms with Gasteiger partial charge in [0.1, 0.15) is 5.82 Å². The largest absolute Gasteiger partial charge is 0.310 e. The Hall–Kier alpha value is -0.900.